The highest BCUT2D eigenvalue weighted by molar-refractivity contribution is 5.84. The van der Waals surface area contributed by atoms with Gasteiger partial charge in [-0.05, 0) is 26.0 Å². The Morgan fingerprint density at radius 3 is 2.50 bits per heavy atom. The smallest absolute Gasteiger partial charge is 0.230 e. The maximum Gasteiger partial charge on any atom is 0.230 e. The summed E-state index contributed by atoms with van der Waals surface area (Å²) in [5.41, 5.74) is 2.75. The van der Waals surface area contributed by atoms with Crippen LogP contribution in [0, 0.1) is 6.92 Å². The minimum Gasteiger partial charge on any atom is -0.285 e. The van der Waals surface area contributed by atoms with Gasteiger partial charge in [-0.15, -0.1) is 0 Å². The van der Waals surface area contributed by atoms with Crippen molar-refractivity contribution in [3.8, 4) is 0 Å². The van der Waals surface area contributed by atoms with E-state index in [1.54, 1.807) is 11.6 Å². The Balaban J connectivity index is 2.56. The van der Waals surface area contributed by atoms with Crippen LogP contribution in [0.1, 0.15) is 12.6 Å². The quantitative estimate of drug-likeness (QED) is 0.607. The van der Waals surface area contributed by atoms with Crippen LogP contribution in [0.3, 0.4) is 0 Å². The molecule has 3 rings (SSSR count). The SMILES string of the molecule is CCn1nc(C)c(=O)c2nc3ccccc3nc21. The number of benzene rings is 1. The Labute approximate surface area is 103 Å². The predicted octanol–water partition coefficient (Wildman–Crippen LogP) is 1.67. The van der Waals surface area contributed by atoms with Crippen molar-refractivity contribution in [3.63, 3.8) is 0 Å². The number of rotatable bonds is 1. The lowest BCUT2D eigenvalue weighted by molar-refractivity contribution is 0.649. The fourth-order valence-corrected chi connectivity index (χ4v) is 1.99. The fourth-order valence-electron chi connectivity index (χ4n) is 1.99. The van der Waals surface area contributed by atoms with Gasteiger partial charge in [0.15, 0.2) is 11.2 Å². The first-order valence-corrected chi connectivity index (χ1v) is 5.85. The molecule has 0 N–H and O–H groups in total. The number of fused-ring (bicyclic) bond motifs is 2. The van der Waals surface area contributed by atoms with Gasteiger partial charge in [-0.2, -0.15) is 5.10 Å². The lowest BCUT2D eigenvalue weighted by Gasteiger charge is -2.07. The van der Waals surface area contributed by atoms with Crippen molar-refractivity contribution in [1.29, 1.82) is 0 Å². The summed E-state index contributed by atoms with van der Waals surface area (Å²) in [7, 11) is 0. The first-order valence-electron chi connectivity index (χ1n) is 5.85. The van der Waals surface area contributed by atoms with Gasteiger partial charge in [0.25, 0.3) is 0 Å². The van der Waals surface area contributed by atoms with Gasteiger partial charge in [0.05, 0.1) is 11.0 Å². The third-order valence-corrected chi connectivity index (χ3v) is 2.91. The molecule has 0 unspecified atom stereocenters. The summed E-state index contributed by atoms with van der Waals surface area (Å²) in [4.78, 5) is 21.0. The average molecular weight is 240 g/mol. The van der Waals surface area contributed by atoms with Crippen molar-refractivity contribution in [3.05, 3.63) is 40.2 Å². The molecular weight excluding hydrogens is 228 g/mol. The molecule has 18 heavy (non-hydrogen) atoms. The maximum absolute atomic E-state index is 12.1. The first kappa shape index (κ1) is 10.8. The molecule has 0 bridgehead atoms. The zero-order chi connectivity index (χ0) is 12.7. The molecule has 0 amide bonds. The van der Waals surface area contributed by atoms with Gasteiger partial charge in [0, 0.05) is 6.54 Å². The predicted molar refractivity (Wildman–Crippen MR) is 69.5 cm³/mol. The molecule has 90 valence electrons. The Bertz CT molecular complexity index is 807. The molecule has 0 aliphatic carbocycles. The van der Waals surface area contributed by atoms with Crippen LogP contribution in [0.25, 0.3) is 22.2 Å². The lowest BCUT2D eigenvalue weighted by atomic mass is 10.3. The number of hydrogen-bond donors (Lipinski definition) is 0. The molecule has 0 radical (unpaired) electrons. The third kappa shape index (κ3) is 1.48. The monoisotopic (exact) mass is 240 g/mol. The van der Waals surface area contributed by atoms with E-state index in [1.165, 1.54) is 0 Å². The Hall–Kier alpha value is -2.30. The van der Waals surface area contributed by atoms with E-state index in [2.05, 4.69) is 15.1 Å². The second-order valence-electron chi connectivity index (χ2n) is 4.11. The van der Waals surface area contributed by atoms with Gasteiger partial charge >= 0.3 is 0 Å². The van der Waals surface area contributed by atoms with Crippen LogP contribution >= 0.6 is 0 Å². The highest BCUT2D eigenvalue weighted by atomic mass is 16.1. The van der Waals surface area contributed by atoms with E-state index >= 15 is 0 Å². The van der Waals surface area contributed by atoms with Crippen molar-refractivity contribution in [2.75, 3.05) is 0 Å². The zero-order valence-corrected chi connectivity index (χ0v) is 10.2. The van der Waals surface area contributed by atoms with Gasteiger partial charge in [-0.3, -0.25) is 4.79 Å². The Morgan fingerprint density at radius 1 is 1.17 bits per heavy atom. The van der Waals surface area contributed by atoms with Gasteiger partial charge in [-0.25, -0.2) is 14.6 Å². The molecular formula is C13H12N4O. The second kappa shape index (κ2) is 3.87. The summed E-state index contributed by atoms with van der Waals surface area (Å²) in [6.45, 7) is 4.32. The molecule has 3 aromatic rings. The molecule has 5 heteroatoms. The molecule has 0 saturated heterocycles. The molecule has 0 spiro atoms. The summed E-state index contributed by atoms with van der Waals surface area (Å²) in [6, 6.07) is 7.52. The highest BCUT2D eigenvalue weighted by Crippen LogP contribution is 2.13. The van der Waals surface area contributed by atoms with Crippen LogP contribution in [0.15, 0.2) is 29.1 Å². The number of nitrogens with zero attached hydrogens (tertiary/aromatic N) is 4. The molecule has 0 saturated carbocycles. The second-order valence-corrected chi connectivity index (χ2v) is 4.11. The van der Waals surface area contributed by atoms with Crippen LogP contribution in [0.4, 0.5) is 0 Å². The molecule has 0 fully saturated rings. The molecule has 0 aliphatic rings. The molecule has 5 nitrogen and oxygen atoms in total. The number of hydrogen-bond acceptors (Lipinski definition) is 4. The minimum absolute atomic E-state index is 0.145. The zero-order valence-electron chi connectivity index (χ0n) is 10.2. The van der Waals surface area contributed by atoms with Crippen LogP contribution in [0.2, 0.25) is 0 Å². The third-order valence-electron chi connectivity index (χ3n) is 2.91. The molecule has 1 aromatic carbocycles. The fraction of sp³-hybridized carbons (Fsp3) is 0.231. The maximum atomic E-state index is 12.1. The van der Waals surface area contributed by atoms with Crippen molar-refractivity contribution in [2.24, 2.45) is 0 Å². The summed E-state index contributed by atoms with van der Waals surface area (Å²) in [5, 5.41) is 4.23. The van der Waals surface area contributed by atoms with Crippen LogP contribution in [0.5, 0.6) is 0 Å². The normalized spacial score (nSPS) is 11.2. The van der Waals surface area contributed by atoms with E-state index in [0.717, 1.165) is 11.0 Å². The van der Waals surface area contributed by atoms with E-state index in [-0.39, 0.29) is 5.43 Å². The summed E-state index contributed by atoms with van der Waals surface area (Å²) >= 11 is 0. The van der Waals surface area contributed by atoms with E-state index < -0.39 is 0 Å². The molecule has 0 atom stereocenters. The first-order chi connectivity index (χ1) is 8.70. The Morgan fingerprint density at radius 2 is 1.83 bits per heavy atom. The van der Waals surface area contributed by atoms with Gasteiger partial charge in [0.1, 0.15) is 5.69 Å². The number of aromatic nitrogens is 4. The summed E-state index contributed by atoms with van der Waals surface area (Å²) in [6.07, 6.45) is 0. The van der Waals surface area contributed by atoms with Gasteiger partial charge < -0.3 is 0 Å². The van der Waals surface area contributed by atoms with Crippen molar-refractivity contribution < 1.29 is 0 Å². The standard InChI is InChI=1S/C13H12N4O/c1-3-17-13-11(12(18)8(2)16-17)14-9-6-4-5-7-10(9)15-13/h4-7H,3H2,1-2H3. The van der Waals surface area contributed by atoms with Crippen molar-refractivity contribution >= 4 is 22.2 Å². The summed E-state index contributed by atoms with van der Waals surface area (Å²) < 4.78 is 1.71. The van der Waals surface area contributed by atoms with Crippen molar-refractivity contribution in [1.82, 2.24) is 19.7 Å². The lowest BCUT2D eigenvalue weighted by Crippen LogP contribution is -2.18. The van der Waals surface area contributed by atoms with E-state index in [4.69, 9.17) is 0 Å². The topological polar surface area (TPSA) is 60.7 Å². The van der Waals surface area contributed by atoms with Crippen LogP contribution < -0.4 is 5.43 Å². The summed E-state index contributed by atoms with van der Waals surface area (Å²) in [5.74, 6) is 0. The van der Waals surface area contributed by atoms with Gasteiger partial charge in [-0.1, -0.05) is 12.1 Å². The van der Waals surface area contributed by atoms with E-state index in [0.29, 0.717) is 23.4 Å². The van der Waals surface area contributed by atoms with E-state index in [9.17, 15) is 4.79 Å². The Kier molecular flexibility index (Phi) is 2.33. The van der Waals surface area contributed by atoms with Crippen molar-refractivity contribution in [2.45, 2.75) is 20.4 Å². The van der Waals surface area contributed by atoms with Crippen LogP contribution in [-0.2, 0) is 6.54 Å². The molecule has 2 heterocycles. The number of para-hydroxylation sites is 2. The largest absolute Gasteiger partial charge is 0.285 e. The average Bonchev–Trinajstić information content (AvgIpc) is 2.41. The van der Waals surface area contributed by atoms with E-state index in [1.807, 2.05) is 31.2 Å². The molecule has 2 aromatic heterocycles. The highest BCUT2D eigenvalue weighted by Gasteiger charge is 2.11. The molecule has 0 aliphatic heterocycles. The minimum atomic E-state index is -0.145. The van der Waals surface area contributed by atoms with Crippen LogP contribution in [-0.4, -0.2) is 19.7 Å². The number of aryl methyl sites for hydroxylation is 2. The van der Waals surface area contributed by atoms with Gasteiger partial charge in [0.2, 0.25) is 5.43 Å².